The quantitative estimate of drug-likeness (QED) is 0.541. The maximum atomic E-state index is 12.6. The highest BCUT2D eigenvalue weighted by atomic mass is 32.1. The van der Waals surface area contributed by atoms with Gasteiger partial charge >= 0.3 is 5.97 Å². The van der Waals surface area contributed by atoms with Crippen LogP contribution in [0.1, 0.15) is 21.6 Å². The van der Waals surface area contributed by atoms with Crippen LogP contribution in [0.25, 0.3) is 10.2 Å². The van der Waals surface area contributed by atoms with Crippen molar-refractivity contribution in [1.82, 2.24) is 9.55 Å². The van der Waals surface area contributed by atoms with Crippen molar-refractivity contribution in [3.8, 4) is 5.75 Å². The molecule has 24 heavy (non-hydrogen) atoms. The molecule has 2 aromatic heterocycles. The monoisotopic (exact) mass is 342 g/mol. The Kier molecular flexibility index (Phi) is 4.24. The van der Waals surface area contributed by atoms with Gasteiger partial charge in [-0.15, -0.1) is 11.3 Å². The third-order valence-electron chi connectivity index (χ3n) is 4.01. The fourth-order valence-corrected chi connectivity index (χ4v) is 3.58. The fraction of sp³-hybridized carbons (Fsp3) is 0.278. The number of carbonyl (C=O) groups excluding carboxylic acids is 1. The molecule has 3 rings (SSSR count). The minimum atomic E-state index is -0.491. The first kappa shape index (κ1) is 16.4. The topological polar surface area (TPSA) is 61.2 Å². The van der Waals surface area contributed by atoms with Crippen LogP contribution in [0.5, 0.6) is 5.75 Å². The molecule has 3 aromatic rings. The molecule has 0 unspecified atom stereocenters. The molecular formula is C18H18N2O3S. The van der Waals surface area contributed by atoms with E-state index >= 15 is 0 Å². The van der Waals surface area contributed by atoms with Crippen LogP contribution >= 0.6 is 11.3 Å². The minimum Gasteiger partial charge on any atom is -0.425 e. The number of aromatic nitrogens is 2. The van der Waals surface area contributed by atoms with Gasteiger partial charge in [0, 0.05) is 4.88 Å². The highest BCUT2D eigenvalue weighted by Crippen LogP contribution is 2.25. The number of benzene rings is 1. The lowest BCUT2D eigenvalue weighted by Gasteiger charge is -2.09. The predicted molar refractivity (Wildman–Crippen MR) is 94.9 cm³/mol. The summed E-state index contributed by atoms with van der Waals surface area (Å²) in [6.07, 6.45) is 1.41. The second kappa shape index (κ2) is 6.20. The van der Waals surface area contributed by atoms with Crippen LogP contribution in [0.4, 0.5) is 0 Å². The first-order valence-corrected chi connectivity index (χ1v) is 8.41. The number of rotatable bonds is 3. The van der Waals surface area contributed by atoms with Crippen molar-refractivity contribution in [2.45, 2.75) is 34.2 Å². The lowest BCUT2D eigenvalue weighted by molar-refractivity contribution is -0.135. The van der Waals surface area contributed by atoms with E-state index in [1.54, 1.807) is 6.07 Å². The summed E-state index contributed by atoms with van der Waals surface area (Å²) in [4.78, 5) is 30.8. The van der Waals surface area contributed by atoms with Crippen LogP contribution in [0, 0.1) is 27.7 Å². The van der Waals surface area contributed by atoms with Crippen molar-refractivity contribution in [1.29, 1.82) is 0 Å². The van der Waals surface area contributed by atoms with Crippen LogP contribution in [0.2, 0.25) is 0 Å². The molecule has 124 valence electrons. The molecule has 5 nitrogen and oxygen atoms in total. The molecule has 0 aliphatic rings. The maximum absolute atomic E-state index is 12.6. The van der Waals surface area contributed by atoms with Crippen molar-refractivity contribution in [2.24, 2.45) is 0 Å². The number of carbonyl (C=O) groups is 1. The molecule has 0 aliphatic carbocycles. The predicted octanol–water partition coefficient (Wildman–Crippen LogP) is 3.30. The Morgan fingerprint density at radius 2 is 2.00 bits per heavy atom. The van der Waals surface area contributed by atoms with Crippen molar-refractivity contribution >= 4 is 27.5 Å². The first-order valence-electron chi connectivity index (χ1n) is 7.60. The van der Waals surface area contributed by atoms with Gasteiger partial charge in [-0.25, -0.2) is 9.78 Å². The highest BCUT2D eigenvalue weighted by Gasteiger charge is 2.15. The van der Waals surface area contributed by atoms with E-state index in [-0.39, 0.29) is 12.1 Å². The normalized spacial score (nSPS) is 11.0. The van der Waals surface area contributed by atoms with Crippen molar-refractivity contribution in [3.63, 3.8) is 0 Å². The Morgan fingerprint density at radius 3 is 2.71 bits per heavy atom. The number of nitrogens with zero attached hydrogens (tertiary/aromatic N) is 2. The summed E-state index contributed by atoms with van der Waals surface area (Å²) in [5.74, 6) is 0.0186. The van der Waals surface area contributed by atoms with E-state index in [2.05, 4.69) is 4.98 Å². The molecule has 0 saturated heterocycles. The van der Waals surface area contributed by atoms with E-state index in [0.717, 1.165) is 21.6 Å². The molecular weight excluding hydrogens is 324 g/mol. The Labute approximate surface area is 143 Å². The Bertz CT molecular complexity index is 1000. The summed E-state index contributed by atoms with van der Waals surface area (Å²) in [5, 5.41) is 0.583. The third-order valence-corrected chi connectivity index (χ3v) is 5.12. The summed E-state index contributed by atoms with van der Waals surface area (Å²) in [6, 6.07) is 5.59. The van der Waals surface area contributed by atoms with Gasteiger partial charge in [-0.05, 0) is 44.9 Å². The molecule has 0 N–H and O–H groups in total. The molecule has 0 bridgehead atoms. The Hall–Kier alpha value is -2.47. The summed E-state index contributed by atoms with van der Waals surface area (Å²) in [5.41, 5.74) is 2.69. The summed E-state index contributed by atoms with van der Waals surface area (Å²) < 4.78 is 6.68. The lowest BCUT2D eigenvalue weighted by Crippen LogP contribution is -2.27. The van der Waals surface area contributed by atoms with Crippen LogP contribution < -0.4 is 10.3 Å². The zero-order chi connectivity index (χ0) is 17.4. The SMILES string of the molecule is Cc1ccc(OC(=O)Cn2cnc3sc(C)c(C)c3c2=O)c(C)c1. The summed E-state index contributed by atoms with van der Waals surface area (Å²) >= 11 is 1.49. The largest absolute Gasteiger partial charge is 0.425 e. The molecule has 0 fully saturated rings. The van der Waals surface area contributed by atoms with E-state index in [9.17, 15) is 9.59 Å². The molecule has 0 spiro atoms. The number of aryl methyl sites for hydroxylation is 4. The van der Waals surface area contributed by atoms with Crippen LogP contribution in [0.3, 0.4) is 0 Å². The van der Waals surface area contributed by atoms with Gasteiger partial charge < -0.3 is 4.74 Å². The fourth-order valence-electron chi connectivity index (χ4n) is 2.59. The van der Waals surface area contributed by atoms with Gasteiger partial charge in [-0.3, -0.25) is 9.36 Å². The standard InChI is InChI=1S/C18H18N2O3S/c1-10-5-6-14(11(2)7-10)23-15(21)8-20-9-19-17-16(18(20)22)12(3)13(4)24-17/h5-7,9H,8H2,1-4H3. The molecule has 1 aromatic carbocycles. The number of hydrogen-bond acceptors (Lipinski definition) is 5. The van der Waals surface area contributed by atoms with Gasteiger partial charge in [-0.2, -0.15) is 0 Å². The molecule has 6 heteroatoms. The van der Waals surface area contributed by atoms with E-state index < -0.39 is 5.97 Å². The zero-order valence-corrected chi connectivity index (χ0v) is 14.9. The molecule has 0 aliphatic heterocycles. The Balaban J connectivity index is 1.87. The number of hydrogen-bond donors (Lipinski definition) is 0. The van der Waals surface area contributed by atoms with Crippen molar-refractivity contribution < 1.29 is 9.53 Å². The first-order chi connectivity index (χ1) is 11.4. The molecule has 0 amide bonds. The van der Waals surface area contributed by atoms with E-state index in [4.69, 9.17) is 4.74 Å². The second-order valence-corrected chi connectivity index (χ2v) is 7.09. The van der Waals surface area contributed by atoms with E-state index in [0.29, 0.717) is 16.0 Å². The number of ether oxygens (including phenoxy) is 1. The molecule has 2 heterocycles. The highest BCUT2D eigenvalue weighted by molar-refractivity contribution is 7.18. The maximum Gasteiger partial charge on any atom is 0.331 e. The smallest absolute Gasteiger partial charge is 0.331 e. The average molecular weight is 342 g/mol. The van der Waals surface area contributed by atoms with Crippen molar-refractivity contribution in [3.05, 3.63) is 56.4 Å². The van der Waals surface area contributed by atoms with Crippen LogP contribution in [0.15, 0.2) is 29.3 Å². The van der Waals surface area contributed by atoms with Crippen LogP contribution in [-0.4, -0.2) is 15.5 Å². The van der Waals surface area contributed by atoms with Crippen LogP contribution in [-0.2, 0) is 11.3 Å². The van der Waals surface area contributed by atoms with Gasteiger partial charge in [0.25, 0.3) is 5.56 Å². The van der Waals surface area contributed by atoms with Crippen molar-refractivity contribution in [2.75, 3.05) is 0 Å². The number of fused-ring (bicyclic) bond motifs is 1. The summed E-state index contributed by atoms with van der Waals surface area (Å²) in [6.45, 7) is 7.55. The zero-order valence-electron chi connectivity index (χ0n) is 14.0. The molecule has 0 atom stereocenters. The van der Waals surface area contributed by atoms with E-state index in [1.165, 1.54) is 22.2 Å². The number of thiophene rings is 1. The molecule has 0 radical (unpaired) electrons. The molecule has 0 saturated carbocycles. The number of esters is 1. The van der Waals surface area contributed by atoms with Gasteiger partial charge in [0.1, 0.15) is 17.1 Å². The van der Waals surface area contributed by atoms with E-state index in [1.807, 2.05) is 39.8 Å². The Morgan fingerprint density at radius 1 is 1.25 bits per heavy atom. The average Bonchev–Trinajstić information content (AvgIpc) is 2.81. The van der Waals surface area contributed by atoms with Gasteiger partial charge in [0.15, 0.2) is 0 Å². The minimum absolute atomic E-state index is 0.163. The van der Waals surface area contributed by atoms with Gasteiger partial charge in [-0.1, -0.05) is 17.7 Å². The van der Waals surface area contributed by atoms with Gasteiger partial charge in [0.05, 0.1) is 11.7 Å². The van der Waals surface area contributed by atoms with Gasteiger partial charge in [0.2, 0.25) is 0 Å². The summed E-state index contributed by atoms with van der Waals surface area (Å²) in [7, 11) is 0. The lowest BCUT2D eigenvalue weighted by atomic mass is 10.1. The third kappa shape index (κ3) is 2.97. The second-order valence-electron chi connectivity index (χ2n) is 5.88.